The Morgan fingerprint density at radius 2 is 2.11 bits per heavy atom. The van der Waals surface area contributed by atoms with Crippen molar-refractivity contribution >= 4 is 5.69 Å². The number of hydrogen-bond acceptors (Lipinski definition) is 3. The number of rotatable bonds is 2. The lowest BCUT2D eigenvalue weighted by Gasteiger charge is -2.33. The summed E-state index contributed by atoms with van der Waals surface area (Å²) >= 11 is 0. The molecule has 3 nitrogen and oxygen atoms in total. The van der Waals surface area contributed by atoms with E-state index in [1.165, 1.54) is 5.69 Å². The van der Waals surface area contributed by atoms with Gasteiger partial charge in [0.25, 0.3) is 0 Å². The Balaban J connectivity index is 2.28. The van der Waals surface area contributed by atoms with Crippen LogP contribution in [-0.4, -0.2) is 23.3 Å². The average molecular weight is 258 g/mol. The molecule has 3 heteroatoms. The second-order valence-electron chi connectivity index (χ2n) is 6.10. The van der Waals surface area contributed by atoms with Crippen molar-refractivity contribution in [2.24, 2.45) is 5.92 Å². The molecule has 0 saturated carbocycles. The Morgan fingerprint density at radius 1 is 1.42 bits per heavy atom. The third-order valence-corrected chi connectivity index (χ3v) is 4.30. The number of aryl methyl sites for hydroxylation is 1. The highest BCUT2D eigenvalue weighted by atomic mass is 16.3. The largest absolute Gasteiger partial charge is 0.390 e. The minimum absolute atomic E-state index is 0.280. The van der Waals surface area contributed by atoms with Crippen molar-refractivity contribution in [2.45, 2.75) is 45.8 Å². The van der Waals surface area contributed by atoms with Crippen LogP contribution in [0, 0.1) is 24.2 Å². The van der Waals surface area contributed by atoms with Crippen LogP contribution < -0.4 is 4.90 Å². The van der Waals surface area contributed by atoms with Gasteiger partial charge in [0.1, 0.15) is 0 Å². The molecule has 0 amide bonds. The second-order valence-corrected chi connectivity index (χ2v) is 6.10. The van der Waals surface area contributed by atoms with Gasteiger partial charge in [-0.2, -0.15) is 5.26 Å². The molecule has 1 aromatic rings. The fourth-order valence-corrected chi connectivity index (χ4v) is 3.27. The van der Waals surface area contributed by atoms with Crippen molar-refractivity contribution in [3.63, 3.8) is 0 Å². The molecule has 1 aromatic carbocycles. The van der Waals surface area contributed by atoms with Crippen molar-refractivity contribution in [2.75, 3.05) is 11.4 Å². The number of nitrogens with zero attached hydrogens (tertiary/aromatic N) is 2. The standard InChI is InChI=1S/C16H22N2O/c1-11-9-13(10-17)5-6-15(11)18-8-7-14(12(18)2)16(3,4)19/h5-6,9,12,14,19H,7-8H2,1-4H3. The molecule has 1 aliphatic heterocycles. The summed E-state index contributed by atoms with van der Waals surface area (Å²) in [6, 6.07) is 8.31. The van der Waals surface area contributed by atoms with E-state index >= 15 is 0 Å². The molecule has 1 heterocycles. The van der Waals surface area contributed by atoms with Crippen LogP contribution in [0.4, 0.5) is 5.69 Å². The number of hydrogen-bond donors (Lipinski definition) is 1. The SMILES string of the molecule is Cc1cc(C#N)ccc1N1CCC(C(C)(C)O)C1C. The van der Waals surface area contributed by atoms with Gasteiger partial charge in [-0.15, -0.1) is 0 Å². The first kappa shape index (κ1) is 13.9. The highest BCUT2D eigenvalue weighted by molar-refractivity contribution is 5.57. The van der Waals surface area contributed by atoms with Gasteiger partial charge in [0.15, 0.2) is 0 Å². The summed E-state index contributed by atoms with van der Waals surface area (Å²) in [6.45, 7) is 8.96. The topological polar surface area (TPSA) is 47.3 Å². The maximum Gasteiger partial charge on any atom is 0.0991 e. The zero-order valence-electron chi connectivity index (χ0n) is 12.1. The molecule has 1 saturated heterocycles. The van der Waals surface area contributed by atoms with E-state index < -0.39 is 5.60 Å². The van der Waals surface area contributed by atoms with Crippen molar-refractivity contribution < 1.29 is 5.11 Å². The highest BCUT2D eigenvalue weighted by Crippen LogP contribution is 2.37. The van der Waals surface area contributed by atoms with E-state index in [-0.39, 0.29) is 5.92 Å². The van der Waals surface area contributed by atoms with Gasteiger partial charge in [0, 0.05) is 24.2 Å². The molecule has 0 spiro atoms. The lowest BCUT2D eigenvalue weighted by molar-refractivity contribution is 0.0156. The number of anilines is 1. The highest BCUT2D eigenvalue weighted by Gasteiger charge is 2.39. The third-order valence-electron chi connectivity index (χ3n) is 4.30. The van der Waals surface area contributed by atoms with Crippen molar-refractivity contribution in [3.8, 4) is 6.07 Å². The van der Waals surface area contributed by atoms with E-state index in [0.717, 1.165) is 18.5 Å². The van der Waals surface area contributed by atoms with Crippen LogP contribution in [0.3, 0.4) is 0 Å². The summed E-state index contributed by atoms with van der Waals surface area (Å²) in [5, 5.41) is 19.2. The van der Waals surface area contributed by atoms with Crippen LogP contribution in [0.1, 0.15) is 38.3 Å². The average Bonchev–Trinajstić information content (AvgIpc) is 2.70. The van der Waals surface area contributed by atoms with Gasteiger partial charge in [-0.25, -0.2) is 0 Å². The lowest BCUT2D eigenvalue weighted by atomic mass is 9.85. The quantitative estimate of drug-likeness (QED) is 0.887. The Morgan fingerprint density at radius 3 is 2.58 bits per heavy atom. The molecule has 19 heavy (non-hydrogen) atoms. The Hall–Kier alpha value is -1.53. The number of nitriles is 1. The molecule has 0 bridgehead atoms. The minimum Gasteiger partial charge on any atom is -0.390 e. The van der Waals surface area contributed by atoms with Gasteiger partial charge in [0.05, 0.1) is 17.2 Å². The summed E-state index contributed by atoms with van der Waals surface area (Å²) < 4.78 is 0. The predicted molar refractivity (Wildman–Crippen MR) is 77.1 cm³/mol. The number of benzene rings is 1. The molecule has 1 N–H and O–H groups in total. The fourth-order valence-electron chi connectivity index (χ4n) is 3.27. The monoisotopic (exact) mass is 258 g/mol. The lowest BCUT2D eigenvalue weighted by Crippen LogP contribution is -2.40. The first-order valence-electron chi connectivity index (χ1n) is 6.84. The summed E-state index contributed by atoms with van der Waals surface area (Å²) in [5.41, 5.74) is 2.36. The van der Waals surface area contributed by atoms with Crippen LogP contribution >= 0.6 is 0 Å². The summed E-state index contributed by atoms with van der Waals surface area (Å²) in [4.78, 5) is 2.35. The maximum atomic E-state index is 10.2. The first-order valence-corrected chi connectivity index (χ1v) is 6.84. The van der Waals surface area contributed by atoms with E-state index in [0.29, 0.717) is 11.6 Å². The molecular formula is C16H22N2O. The van der Waals surface area contributed by atoms with E-state index in [1.54, 1.807) is 0 Å². The van der Waals surface area contributed by atoms with E-state index in [1.807, 2.05) is 39.0 Å². The normalized spacial score (nSPS) is 23.5. The molecule has 102 valence electrons. The summed E-state index contributed by atoms with van der Waals surface area (Å²) in [6.07, 6.45) is 1.00. The van der Waals surface area contributed by atoms with Crippen molar-refractivity contribution in [1.82, 2.24) is 0 Å². The number of aliphatic hydroxyl groups is 1. The van der Waals surface area contributed by atoms with Gasteiger partial charge in [0.2, 0.25) is 0 Å². The van der Waals surface area contributed by atoms with Crippen LogP contribution in [-0.2, 0) is 0 Å². The van der Waals surface area contributed by atoms with Gasteiger partial charge >= 0.3 is 0 Å². The Labute approximate surface area is 115 Å². The minimum atomic E-state index is -0.644. The molecule has 0 aliphatic carbocycles. The van der Waals surface area contributed by atoms with Crippen molar-refractivity contribution in [3.05, 3.63) is 29.3 Å². The summed E-state index contributed by atoms with van der Waals surface area (Å²) in [5.74, 6) is 0.280. The third kappa shape index (κ3) is 2.59. The smallest absolute Gasteiger partial charge is 0.0991 e. The predicted octanol–water partition coefficient (Wildman–Crippen LogP) is 2.85. The van der Waals surface area contributed by atoms with Crippen molar-refractivity contribution in [1.29, 1.82) is 5.26 Å². The zero-order chi connectivity index (χ0) is 14.2. The summed E-state index contributed by atoms with van der Waals surface area (Å²) in [7, 11) is 0. The Kier molecular flexibility index (Phi) is 3.56. The van der Waals surface area contributed by atoms with Gasteiger partial charge < -0.3 is 10.0 Å². The van der Waals surface area contributed by atoms with Crippen LogP contribution in [0.2, 0.25) is 0 Å². The molecule has 0 aromatic heterocycles. The van der Waals surface area contributed by atoms with Gasteiger partial charge in [-0.05, 0) is 57.9 Å². The zero-order valence-corrected chi connectivity index (χ0v) is 12.1. The van der Waals surface area contributed by atoms with Crippen LogP contribution in [0.5, 0.6) is 0 Å². The molecule has 1 fully saturated rings. The maximum absolute atomic E-state index is 10.2. The Bertz CT molecular complexity index is 510. The van der Waals surface area contributed by atoms with Crippen LogP contribution in [0.15, 0.2) is 18.2 Å². The molecule has 0 radical (unpaired) electrons. The molecule has 2 rings (SSSR count). The van der Waals surface area contributed by atoms with E-state index in [2.05, 4.69) is 17.9 Å². The van der Waals surface area contributed by atoms with Crippen LogP contribution in [0.25, 0.3) is 0 Å². The fraction of sp³-hybridized carbons (Fsp3) is 0.562. The van der Waals surface area contributed by atoms with Gasteiger partial charge in [-0.3, -0.25) is 0 Å². The van der Waals surface area contributed by atoms with Gasteiger partial charge in [-0.1, -0.05) is 0 Å². The molecule has 1 aliphatic rings. The van der Waals surface area contributed by atoms with E-state index in [4.69, 9.17) is 5.26 Å². The molecule has 2 atom stereocenters. The molecular weight excluding hydrogens is 236 g/mol. The molecule has 2 unspecified atom stereocenters. The first-order chi connectivity index (χ1) is 8.84. The second kappa shape index (κ2) is 4.86. The van der Waals surface area contributed by atoms with E-state index in [9.17, 15) is 5.11 Å².